The highest BCUT2D eigenvalue weighted by molar-refractivity contribution is 6.00. The van der Waals surface area contributed by atoms with Crippen LogP contribution < -0.4 is 10.2 Å². The van der Waals surface area contributed by atoms with Crippen LogP contribution in [0.4, 0.5) is 18.9 Å². The van der Waals surface area contributed by atoms with Crippen molar-refractivity contribution in [3.05, 3.63) is 71.9 Å². The van der Waals surface area contributed by atoms with Crippen LogP contribution in [0.25, 0.3) is 5.82 Å². The highest BCUT2D eigenvalue weighted by Gasteiger charge is 2.36. The van der Waals surface area contributed by atoms with E-state index in [0.717, 1.165) is 23.5 Å². The molecule has 3 aromatic rings. The molecule has 1 aromatic carbocycles. The number of hydrogen-bond acceptors (Lipinski definition) is 4. The number of imidazole rings is 1. The lowest BCUT2D eigenvalue weighted by atomic mass is 10.1. The summed E-state index contributed by atoms with van der Waals surface area (Å²) in [7, 11) is 0. The lowest BCUT2D eigenvalue weighted by molar-refractivity contribution is -0.137. The summed E-state index contributed by atoms with van der Waals surface area (Å²) in [5.41, 5.74) is 0.113. The first-order valence-electron chi connectivity index (χ1n) is 9.93. The third kappa shape index (κ3) is 4.48. The SMILES string of the molecule is Cc1nccn1-c1cc(CNC(=O)[C@H]2CC(=O)N(c3cccc(C(F)(F)F)c3)C2)ccn1. The van der Waals surface area contributed by atoms with Crippen LogP contribution in [0, 0.1) is 12.8 Å². The number of aryl methyl sites for hydroxylation is 1. The Morgan fingerprint density at radius 2 is 2.00 bits per heavy atom. The summed E-state index contributed by atoms with van der Waals surface area (Å²) in [6.07, 6.45) is 0.516. The van der Waals surface area contributed by atoms with Gasteiger partial charge >= 0.3 is 6.18 Å². The molecule has 2 aromatic heterocycles. The molecule has 0 unspecified atom stereocenters. The number of anilines is 1. The Morgan fingerprint density at radius 3 is 2.72 bits per heavy atom. The van der Waals surface area contributed by atoms with Crippen LogP contribution in [0.3, 0.4) is 0 Å². The zero-order chi connectivity index (χ0) is 22.9. The second-order valence-corrected chi connectivity index (χ2v) is 7.54. The first-order chi connectivity index (χ1) is 15.2. The number of alkyl halides is 3. The van der Waals surface area contributed by atoms with Gasteiger partial charge in [0.1, 0.15) is 11.6 Å². The first kappa shape index (κ1) is 21.5. The van der Waals surface area contributed by atoms with Gasteiger partial charge in [0.05, 0.1) is 11.5 Å². The van der Waals surface area contributed by atoms with Crippen molar-refractivity contribution in [3.8, 4) is 5.82 Å². The van der Waals surface area contributed by atoms with Gasteiger partial charge in [-0.2, -0.15) is 13.2 Å². The molecule has 0 bridgehead atoms. The number of aromatic nitrogens is 3. The average Bonchev–Trinajstić information content (AvgIpc) is 3.37. The molecule has 0 spiro atoms. The maximum absolute atomic E-state index is 13.0. The molecule has 0 aliphatic carbocycles. The number of nitrogens with zero attached hydrogens (tertiary/aromatic N) is 4. The molecule has 10 heteroatoms. The Bertz CT molecular complexity index is 1160. The zero-order valence-electron chi connectivity index (χ0n) is 17.1. The van der Waals surface area contributed by atoms with E-state index in [1.165, 1.54) is 17.0 Å². The third-order valence-electron chi connectivity index (χ3n) is 5.33. The van der Waals surface area contributed by atoms with Crippen molar-refractivity contribution in [2.24, 2.45) is 5.92 Å². The molecule has 0 radical (unpaired) electrons. The number of halogens is 3. The van der Waals surface area contributed by atoms with Crippen molar-refractivity contribution < 1.29 is 22.8 Å². The second kappa shape index (κ2) is 8.45. The third-order valence-corrected chi connectivity index (χ3v) is 5.33. The highest BCUT2D eigenvalue weighted by atomic mass is 19.4. The molecule has 32 heavy (non-hydrogen) atoms. The lowest BCUT2D eigenvalue weighted by Crippen LogP contribution is -2.32. The van der Waals surface area contributed by atoms with Gasteiger partial charge in [-0.1, -0.05) is 6.07 Å². The number of carbonyl (C=O) groups is 2. The van der Waals surface area contributed by atoms with Gasteiger partial charge in [0.15, 0.2) is 0 Å². The van der Waals surface area contributed by atoms with E-state index in [9.17, 15) is 22.8 Å². The molecule has 2 amide bonds. The van der Waals surface area contributed by atoms with E-state index in [1.54, 1.807) is 24.7 Å². The molecule has 0 saturated carbocycles. The smallest absolute Gasteiger partial charge is 0.352 e. The Labute approximate surface area is 181 Å². The van der Waals surface area contributed by atoms with Crippen molar-refractivity contribution in [2.75, 3.05) is 11.4 Å². The summed E-state index contributed by atoms with van der Waals surface area (Å²) >= 11 is 0. The average molecular weight is 443 g/mol. The quantitative estimate of drug-likeness (QED) is 0.657. The molecule has 1 N–H and O–H groups in total. The number of hydrogen-bond donors (Lipinski definition) is 1. The fraction of sp³-hybridized carbons (Fsp3) is 0.273. The predicted molar refractivity (Wildman–Crippen MR) is 110 cm³/mol. The molecule has 1 atom stereocenters. The molecule has 166 valence electrons. The van der Waals surface area contributed by atoms with Crippen molar-refractivity contribution in [1.29, 1.82) is 0 Å². The van der Waals surface area contributed by atoms with Gasteiger partial charge in [-0.3, -0.25) is 14.2 Å². The maximum Gasteiger partial charge on any atom is 0.416 e. The normalized spacial score (nSPS) is 16.4. The Hall–Kier alpha value is -3.69. The van der Waals surface area contributed by atoms with Crippen molar-refractivity contribution in [2.45, 2.75) is 26.1 Å². The van der Waals surface area contributed by atoms with Crippen LogP contribution in [0.2, 0.25) is 0 Å². The predicted octanol–water partition coefficient (Wildman–Crippen LogP) is 3.26. The fourth-order valence-corrected chi connectivity index (χ4v) is 3.64. The lowest BCUT2D eigenvalue weighted by Gasteiger charge is -2.18. The zero-order valence-corrected chi connectivity index (χ0v) is 17.1. The monoisotopic (exact) mass is 443 g/mol. The Morgan fingerprint density at radius 1 is 1.19 bits per heavy atom. The molecule has 7 nitrogen and oxygen atoms in total. The molecule has 4 rings (SSSR count). The van der Waals surface area contributed by atoms with Crippen molar-refractivity contribution >= 4 is 17.5 Å². The molecule has 1 aliphatic rings. The maximum atomic E-state index is 13.0. The summed E-state index contributed by atoms with van der Waals surface area (Å²) in [6.45, 7) is 2.11. The number of carbonyl (C=O) groups excluding carboxylic acids is 2. The van der Waals surface area contributed by atoms with Gasteiger partial charge in [-0.05, 0) is 42.8 Å². The van der Waals surface area contributed by atoms with Gasteiger partial charge in [-0.25, -0.2) is 9.97 Å². The van der Waals surface area contributed by atoms with Crippen LogP contribution >= 0.6 is 0 Å². The standard InChI is InChI=1S/C22H20F3N5O2/c1-14-26-7-8-29(14)19-9-15(5-6-27-19)12-28-21(32)16-10-20(31)30(13-16)18-4-2-3-17(11-18)22(23,24)25/h2-9,11,16H,10,12-13H2,1H3,(H,28,32)/t16-/m0/s1. The van der Waals surface area contributed by atoms with E-state index in [0.29, 0.717) is 5.82 Å². The van der Waals surface area contributed by atoms with Gasteiger partial charge in [0.2, 0.25) is 11.8 Å². The number of pyridine rings is 1. The minimum absolute atomic E-state index is 0.0296. The summed E-state index contributed by atoms with van der Waals surface area (Å²) in [5, 5.41) is 2.81. The van der Waals surface area contributed by atoms with Gasteiger partial charge < -0.3 is 10.2 Å². The molecule has 3 heterocycles. The summed E-state index contributed by atoms with van der Waals surface area (Å²) in [4.78, 5) is 34.7. The Kier molecular flexibility index (Phi) is 5.68. The first-order valence-corrected chi connectivity index (χ1v) is 9.93. The fourth-order valence-electron chi connectivity index (χ4n) is 3.64. The van der Waals surface area contributed by atoms with E-state index in [1.807, 2.05) is 17.6 Å². The van der Waals surface area contributed by atoms with Crippen LogP contribution in [-0.2, 0) is 22.3 Å². The van der Waals surface area contributed by atoms with Crippen LogP contribution in [-0.4, -0.2) is 32.9 Å². The largest absolute Gasteiger partial charge is 0.416 e. The minimum Gasteiger partial charge on any atom is -0.352 e. The van der Waals surface area contributed by atoms with Gasteiger partial charge in [0.25, 0.3) is 0 Å². The summed E-state index contributed by atoms with van der Waals surface area (Å²) < 4.78 is 40.8. The molecule has 1 saturated heterocycles. The second-order valence-electron chi connectivity index (χ2n) is 7.54. The van der Waals surface area contributed by atoms with Crippen LogP contribution in [0.15, 0.2) is 55.0 Å². The van der Waals surface area contributed by atoms with E-state index in [4.69, 9.17) is 0 Å². The van der Waals surface area contributed by atoms with Crippen LogP contribution in [0.5, 0.6) is 0 Å². The van der Waals surface area contributed by atoms with Crippen molar-refractivity contribution in [1.82, 2.24) is 19.9 Å². The highest BCUT2D eigenvalue weighted by Crippen LogP contribution is 2.33. The van der Waals surface area contributed by atoms with Crippen molar-refractivity contribution in [3.63, 3.8) is 0 Å². The van der Waals surface area contributed by atoms with Gasteiger partial charge in [-0.15, -0.1) is 0 Å². The topological polar surface area (TPSA) is 80.1 Å². The van der Waals surface area contributed by atoms with Gasteiger partial charge in [0, 0.05) is 43.8 Å². The molecular formula is C22H20F3N5O2. The number of amides is 2. The summed E-state index contributed by atoms with van der Waals surface area (Å²) in [6, 6.07) is 8.15. The minimum atomic E-state index is -4.51. The molecule has 1 fully saturated rings. The molecule has 1 aliphatic heterocycles. The Balaban J connectivity index is 1.40. The van der Waals surface area contributed by atoms with E-state index in [-0.39, 0.29) is 37.0 Å². The number of rotatable bonds is 5. The van der Waals surface area contributed by atoms with Crippen LogP contribution in [0.1, 0.15) is 23.4 Å². The van der Waals surface area contributed by atoms with E-state index in [2.05, 4.69) is 15.3 Å². The molecular weight excluding hydrogens is 423 g/mol. The van der Waals surface area contributed by atoms with E-state index < -0.39 is 17.7 Å². The number of benzene rings is 1. The number of nitrogens with one attached hydrogen (secondary N) is 1. The van der Waals surface area contributed by atoms with E-state index >= 15 is 0 Å². The summed E-state index contributed by atoms with van der Waals surface area (Å²) in [5.74, 6) is 0.0850.